The summed E-state index contributed by atoms with van der Waals surface area (Å²) in [4.78, 5) is 30.8. The summed E-state index contributed by atoms with van der Waals surface area (Å²) in [5, 5.41) is 0.436. The molecule has 0 fully saturated rings. The van der Waals surface area contributed by atoms with E-state index in [1.54, 1.807) is 30.2 Å². The third kappa shape index (κ3) is 4.46. The zero-order valence-electron chi connectivity index (χ0n) is 19.6. The molecule has 0 bridgehead atoms. The van der Waals surface area contributed by atoms with E-state index < -0.39 is 6.04 Å². The molecule has 0 radical (unpaired) electrons. The monoisotopic (exact) mass is 450 g/mol. The third-order valence-electron chi connectivity index (χ3n) is 5.85. The third-order valence-corrected chi connectivity index (χ3v) is 5.85. The van der Waals surface area contributed by atoms with E-state index in [2.05, 4.69) is 11.8 Å². The van der Waals surface area contributed by atoms with Gasteiger partial charge in [0.1, 0.15) is 17.1 Å². The second-order valence-corrected chi connectivity index (χ2v) is 8.51. The fourth-order valence-corrected chi connectivity index (χ4v) is 4.23. The van der Waals surface area contributed by atoms with Crippen LogP contribution in [0, 0.1) is 0 Å². The van der Waals surface area contributed by atoms with Gasteiger partial charge in [0, 0.05) is 12.6 Å². The van der Waals surface area contributed by atoms with Crippen molar-refractivity contribution in [2.45, 2.75) is 25.8 Å². The summed E-state index contributed by atoms with van der Waals surface area (Å²) in [5.74, 6) is 1.18. The molecule has 7 nitrogen and oxygen atoms in total. The first kappa shape index (κ1) is 22.9. The topological polar surface area (TPSA) is 72.2 Å². The maximum atomic E-state index is 13.6. The molecule has 0 saturated heterocycles. The first-order valence-corrected chi connectivity index (χ1v) is 11.3. The Morgan fingerprint density at radius 1 is 1.06 bits per heavy atom. The number of methoxy groups -OCH3 is 1. The minimum absolute atomic E-state index is 0.113. The summed E-state index contributed by atoms with van der Waals surface area (Å²) in [6, 6.07) is 12.2. The number of hydrogen-bond acceptors (Lipinski definition) is 6. The molecule has 0 aliphatic carbocycles. The van der Waals surface area contributed by atoms with E-state index >= 15 is 0 Å². The van der Waals surface area contributed by atoms with Gasteiger partial charge in [0.05, 0.1) is 30.7 Å². The molecule has 1 aliphatic heterocycles. The maximum absolute atomic E-state index is 13.6. The van der Waals surface area contributed by atoms with E-state index in [0.29, 0.717) is 35.4 Å². The molecular formula is C26H30N2O5. The van der Waals surface area contributed by atoms with Gasteiger partial charge in [-0.2, -0.15) is 0 Å². The fourth-order valence-electron chi connectivity index (χ4n) is 4.23. The lowest BCUT2D eigenvalue weighted by Crippen LogP contribution is -2.32. The van der Waals surface area contributed by atoms with Crippen molar-refractivity contribution in [1.29, 1.82) is 0 Å². The van der Waals surface area contributed by atoms with Crippen molar-refractivity contribution in [1.82, 2.24) is 9.80 Å². The molecule has 1 aromatic heterocycles. The van der Waals surface area contributed by atoms with Crippen molar-refractivity contribution in [3.63, 3.8) is 0 Å². The second-order valence-electron chi connectivity index (χ2n) is 8.51. The summed E-state index contributed by atoms with van der Waals surface area (Å²) < 4.78 is 17.0. The molecule has 174 valence electrons. The van der Waals surface area contributed by atoms with Gasteiger partial charge in [-0.15, -0.1) is 0 Å². The highest BCUT2D eigenvalue weighted by atomic mass is 16.5. The average molecular weight is 451 g/mol. The van der Waals surface area contributed by atoms with Gasteiger partial charge in [0.2, 0.25) is 5.76 Å². The van der Waals surface area contributed by atoms with E-state index in [4.69, 9.17) is 13.9 Å². The summed E-state index contributed by atoms with van der Waals surface area (Å²) in [5.41, 5.74) is 1.41. The van der Waals surface area contributed by atoms with Crippen molar-refractivity contribution in [3.8, 4) is 11.5 Å². The molecule has 1 aliphatic rings. The quantitative estimate of drug-likeness (QED) is 0.489. The van der Waals surface area contributed by atoms with Gasteiger partial charge in [-0.1, -0.05) is 19.1 Å². The number of carbonyl (C=O) groups excluding carboxylic acids is 1. The Labute approximate surface area is 193 Å². The number of benzene rings is 2. The molecule has 1 atom stereocenters. The van der Waals surface area contributed by atoms with Crippen LogP contribution < -0.4 is 14.9 Å². The molecule has 2 aromatic carbocycles. The van der Waals surface area contributed by atoms with Crippen molar-refractivity contribution in [2.75, 3.05) is 40.9 Å². The van der Waals surface area contributed by atoms with Crippen molar-refractivity contribution >= 4 is 16.9 Å². The van der Waals surface area contributed by atoms with Gasteiger partial charge < -0.3 is 23.7 Å². The SMILES string of the molecule is CCCOc1ccc(C2c3c(oc4cc(OC)ccc4c3=O)C(=O)N2CCCN(C)C)cc1. The minimum Gasteiger partial charge on any atom is -0.497 e. The highest BCUT2D eigenvalue weighted by Gasteiger charge is 2.42. The van der Waals surface area contributed by atoms with E-state index in [1.807, 2.05) is 38.4 Å². The highest BCUT2D eigenvalue weighted by molar-refractivity contribution is 5.99. The molecule has 33 heavy (non-hydrogen) atoms. The first-order valence-electron chi connectivity index (χ1n) is 11.3. The zero-order chi connectivity index (χ0) is 23.5. The lowest BCUT2D eigenvalue weighted by atomic mass is 9.98. The molecule has 0 spiro atoms. The Hall–Kier alpha value is -3.32. The predicted molar refractivity (Wildman–Crippen MR) is 127 cm³/mol. The van der Waals surface area contributed by atoms with Crippen molar-refractivity contribution in [3.05, 3.63) is 69.6 Å². The highest BCUT2D eigenvalue weighted by Crippen LogP contribution is 2.39. The Morgan fingerprint density at radius 2 is 1.79 bits per heavy atom. The van der Waals surface area contributed by atoms with Gasteiger partial charge in [-0.3, -0.25) is 9.59 Å². The van der Waals surface area contributed by atoms with Gasteiger partial charge in [-0.25, -0.2) is 0 Å². The molecule has 4 rings (SSSR count). The lowest BCUT2D eigenvalue weighted by molar-refractivity contribution is 0.0722. The van der Waals surface area contributed by atoms with Crippen molar-refractivity contribution in [2.24, 2.45) is 0 Å². The van der Waals surface area contributed by atoms with Crippen LogP contribution in [0.3, 0.4) is 0 Å². The smallest absolute Gasteiger partial charge is 0.290 e. The molecule has 7 heteroatoms. The largest absolute Gasteiger partial charge is 0.497 e. The summed E-state index contributed by atoms with van der Waals surface area (Å²) in [6.07, 6.45) is 1.70. The molecule has 3 aromatic rings. The van der Waals surface area contributed by atoms with Gasteiger partial charge in [0.25, 0.3) is 5.91 Å². The van der Waals surface area contributed by atoms with Gasteiger partial charge in [-0.05, 0) is 63.3 Å². The molecule has 1 amide bonds. The van der Waals surface area contributed by atoms with Crippen LogP contribution in [0.25, 0.3) is 11.0 Å². The molecule has 2 heterocycles. The second kappa shape index (κ2) is 9.67. The number of ether oxygens (including phenoxy) is 2. The fraction of sp³-hybridized carbons (Fsp3) is 0.385. The number of amides is 1. The lowest BCUT2D eigenvalue weighted by Gasteiger charge is -2.26. The standard InChI is InChI=1S/C26H30N2O5/c1-5-15-32-18-9-7-17(8-10-18)23-22-24(29)20-12-11-19(31-4)16-21(20)33-25(22)26(30)28(23)14-6-13-27(2)3/h7-12,16,23H,5-6,13-15H2,1-4H3. The van der Waals surface area contributed by atoms with Crippen LogP contribution >= 0.6 is 0 Å². The van der Waals surface area contributed by atoms with Gasteiger partial charge >= 0.3 is 0 Å². The molecule has 0 N–H and O–H groups in total. The van der Waals surface area contributed by atoms with Crippen LogP contribution in [-0.2, 0) is 0 Å². The predicted octanol–water partition coefficient (Wildman–Crippen LogP) is 4.09. The molecule has 0 saturated carbocycles. The Bertz CT molecular complexity index is 1200. The summed E-state index contributed by atoms with van der Waals surface area (Å²) >= 11 is 0. The first-order chi connectivity index (χ1) is 15.9. The Kier molecular flexibility index (Phi) is 6.70. The van der Waals surface area contributed by atoms with E-state index in [-0.39, 0.29) is 17.1 Å². The summed E-state index contributed by atoms with van der Waals surface area (Å²) in [7, 11) is 5.55. The van der Waals surface area contributed by atoms with E-state index in [9.17, 15) is 9.59 Å². The Balaban J connectivity index is 1.80. The molecular weight excluding hydrogens is 420 g/mol. The zero-order valence-corrected chi connectivity index (χ0v) is 19.6. The van der Waals surface area contributed by atoms with E-state index in [1.165, 1.54) is 0 Å². The maximum Gasteiger partial charge on any atom is 0.290 e. The normalized spacial score (nSPS) is 15.4. The summed E-state index contributed by atoms with van der Waals surface area (Å²) in [6.45, 7) is 4.04. The number of fused-ring (bicyclic) bond motifs is 2. The van der Waals surface area contributed by atoms with Crippen LogP contribution in [0.1, 0.15) is 47.5 Å². The van der Waals surface area contributed by atoms with Crippen LogP contribution in [0.4, 0.5) is 0 Å². The number of rotatable bonds is 9. The Morgan fingerprint density at radius 3 is 2.45 bits per heavy atom. The average Bonchev–Trinajstić information content (AvgIpc) is 3.09. The number of nitrogens with zero attached hydrogens (tertiary/aromatic N) is 2. The van der Waals surface area contributed by atoms with E-state index in [0.717, 1.165) is 30.7 Å². The van der Waals surface area contributed by atoms with Crippen LogP contribution in [-0.4, -0.2) is 56.6 Å². The number of carbonyl (C=O) groups is 1. The molecule has 1 unspecified atom stereocenters. The van der Waals surface area contributed by atoms with Crippen LogP contribution in [0.2, 0.25) is 0 Å². The number of hydrogen-bond donors (Lipinski definition) is 0. The van der Waals surface area contributed by atoms with Crippen LogP contribution in [0.5, 0.6) is 11.5 Å². The van der Waals surface area contributed by atoms with Gasteiger partial charge in [0.15, 0.2) is 5.43 Å². The van der Waals surface area contributed by atoms with Crippen molar-refractivity contribution < 1.29 is 18.7 Å². The minimum atomic E-state index is -0.502. The van der Waals surface area contributed by atoms with Crippen LogP contribution in [0.15, 0.2) is 51.7 Å².